The molecule has 2 aromatic rings. The molecule has 2 N–H and O–H groups in total. The van der Waals surface area contributed by atoms with E-state index >= 15 is 0 Å². The number of hydrogen-bond donors (Lipinski definition) is 2. The van der Waals surface area contributed by atoms with Gasteiger partial charge in [0.1, 0.15) is 22.8 Å². The van der Waals surface area contributed by atoms with Crippen LogP contribution in [0, 0.1) is 5.41 Å². The summed E-state index contributed by atoms with van der Waals surface area (Å²) in [7, 11) is 1.64. The largest absolute Gasteiger partial charge is 0.547 e. The van der Waals surface area contributed by atoms with Crippen LogP contribution in [0.2, 0.25) is 0 Å². The Hall–Kier alpha value is -3.73. The molecule has 1 aliphatic rings. The second kappa shape index (κ2) is 11.3. The summed E-state index contributed by atoms with van der Waals surface area (Å²) in [6.07, 6.45) is 0.216. The zero-order valence-electron chi connectivity index (χ0n) is 21.0. The number of benzene rings is 2. The Morgan fingerprint density at radius 1 is 1.11 bits per heavy atom. The van der Waals surface area contributed by atoms with E-state index in [4.69, 9.17) is 23.6 Å². The molecule has 1 atom stereocenters. The van der Waals surface area contributed by atoms with Crippen LogP contribution in [0.1, 0.15) is 42.3 Å². The van der Waals surface area contributed by atoms with Crippen LogP contribution in [0.3, 0.4) is 0 Å². The van der Waals surface area contributed by atoms with E-state index in [-0.39, 0.29) is 30.1 Å². The maximum atomic E-state index is 12.7. The number of carbonyl (C=O) groups is 3. The fraction of sp³-hybridized carbons (Fsp3) is 0.400. The lowest BCUT2D eigenvalue weighted by Crippen LogP contribution is -2.53. The van der Waals surface area contributed by atoms with Gasteiger partial charge in [-0.05, 0) is 57.0 Å². The van der Waals surface area contributed by atoms with Crippen LogP contribution in [-0.4, -0.2) is 56.9 Å². The molecule has 1 amide bonds. The molecule has 0 saturated heterocycles. The third kappa shape index (κ3) is 6.48. The molecule has 0 aliphatic carbocycles. The number of nitrogens with one attached hydrogen (secondary N) is 1. The van der Waals surface area contributed by atoms with Gasteiger partial charge in [0.2, 0.25) is 12.7 Å². The molecule has 0 bridgehead atoms. The molecule has 11 heteroatoms. The Morgan fingerprint density at radius 2 is 1.86 bits per heavy atom. The molecule has 0 unspecified atom stereocenters. The summed E-state index contributed by atoms with van der Waals surface area (Å²) in [6, 6.07) is 9.99. The molecule has 2 aromatic carbocycles. The number of rotatable bonds is 8. The van der Waals surface area contributed by atoms with E-state index in [1.165, 1.54) is 20.3 Å². The quantitative estimate of drug-likeness (QED) is 0.319. The lowest BCUT2D eigenvalue weighted by atomic mass is 9.72. The summed E-state index contributed by atoms with van der Waals surface area (Å²) >= 11 is 0. The molecule has 1 aliphatic heterocycles. The van der Waals surface area contributed by atoms with E-state index in [0.29, 0.717) is 22.6 Å². The highest BCUT2D eigenvalue weighted by atomic mass is 16.7. The Morgan fingerprint density at radius 3 is 2.53 bits per heavy atom. The number of hydrogen-bond acceptors (Lipinski definition) is 9. The van der Waals surface area contributed by atoms with Crippen molar-refractivity contribution in [3.63, 3.8) is 0 Å². The van der Waals surface area contributed by atoms with Gasteiger partial charge in [0.15, 0.2) is 0 Å². The summed E-state index contributed by atoms with van der Waals surface area (Å²) in [5.41, 5.74) is 0.566. The Bertz CT molecular complexity index is 1130. The topological polar surface area (TPSA) is 130 Å². The molecule has 10 nitrogen and oxygen atoms in total. The van der Waals surface area contributed by atoms with E-state index in [9.17, 15) is 19.4 Å². The molecule has 0 radical (unpaired) electrons. The average Bonchev–Trinajstić information content (AvgIpc) is 2.83. The summed E-state index contributed by atoms with van der Waals surface area (Å²) in [5, 5.41) is 13.3. The van der Waals surface area contributed by atoms with Gasteiger partial charge < -0.3 is 33.9 Å². The molecule has 0 spiro atoms. The van der Waals surface area contributed by atoms with Crippen LogP contribution >= 0.6 is 0 Å². The molecule has 0 fully saturated rings. The van der Waals surface area contributed by atoms with Gasteiger partial charge in [-0.2, -0.15) is 0 Å². The number of fused-ring (bicyclic) bond motifs is 1. The van der Waals surface area contributed by atoms with Gasteiger partial charge in [-0.1, -0.05) is 12.1 Å². The summed E-state index contributed by atoms with van der Waals surface area (Å²) in [4.78, 5) is 37.1. The third-order valence-corrected chi connectivity index (χ3v) is 5.52. The maximum Gasteiger partial charge on any atom is 0.547 e. The second-order valence-electron chi connectivity index (χ2n) is 9.27. The molecule has 0 aromatic heterocycles. The van der Waals surface area contributed by atoms with Gasteiger partial charge >= 0.3 is 19.1 Å². The molecule has 0 saturated carbocycles. The first-order valence-electron chi connectivity index (χ1n) is 11.3. The summed E-state index contributed by atoms with van der Waals surface area (Å²) in [5.74, 6) is -1.11. The van der Waals surface area contributed by atoms with E-state index < -0.39 is 37.2 Å². The van der Waals surface area contributed by atoms with Crippen LogP contribution < -0.4 is 19.4 Å². The van der Waals surface area contributed by atoms with Gasteiger partial charge in [0.05, 0.1) is 32.0 Å². The number of esters is 2. The van der Waals surface area contributed by atoms with Crippen molar-refractivity contribution in [3.8, 4) is 17.2 Å². The fourth-order valence-electron chi connectivity index (χ4n) is 3.59. The van der Waals surface area contributed by atoms with Gasteiger partial charge in [-0.25, -0.2) is 4.79 Å². The van der Waals surface area contributed by atoms with Crippen LogP contribution in [0.4, 0.5) is 0 Å². The van der Waals surface area contributed by atoms with Crippen molar-refractivity contribution in [1.82, 2.24) is 5.32 Å². The lowest BCUT2D eigenvalue weighted by molar-refractivity contribution is -0.161. The van der Waals surface area contributed by atoms with E-state index in [0.717, 1.165) is 0 Å². The van der Waals surface area contributed by atoms with Crippen molar-refractivity contribution in [3.05, 3.63) is 53.1 Å². The third-order valence-electron chi connectivity index (χ3n) is 5.52. The highest BCUT2D eigenvalue weighted by molar-refractivity contribution is 6.47. The Labute approximate surface area is 210 Å². The number of methoxy groups -OCH3 is 2. The first-order valence-corrected chi connectivity index (χ1v) is 11.3. The zero-order chi connectivity index (χ0) is 26.5. The minimum absolute atomic E-state index is 0.00387. The molecule has 36 heavy (non-hydrogen) atoms. The van der Waals surface area contributed by atoms with Crippen molar-refractivity contribution < 1.29 is 43.0 Å². The minimum Gasteiger partial charge on any atom is -0.534 e. The van der Waals surface area contributed by atoms with Crippen LogP contribution in [0.25, 0.3) is 0 Å². The highest BCUT2D eigenvalue weighted by Gasteiger charge is 2.38. The van der Waals surface area contributed by atoms with E-state index in [1.54, 1.807) is 51.1 Å². The van der Waals surface area contributed by atoms with Crippen molar-refractivity contribution in [2.45, 2.75) is 39.6 Å². The molecule has 192 valence electrons. The smallest absolute Gasteiger partial charge is 0.534 e. The summed E-state index contributed by atoms with van der Waals surface area (Å²) < 4.78 is 26.2. The number of ether oxygens (including phenoxy) is 4. The molecular weight excluding hydrogens is 469 g/mol. The van der Waals surface area contributed by atoms with Gasteiger partial charge in [-0.15, -0.1) is 0 Å². The van der Waals surface area contributed by atoms with Crippen molar-refractivity contribution in [1.29, 1.82) is 0 Å². The van der Waals surface area contributed by atoms with Crippen molar-refractivity contribution >= 4 is 25.0 Å². The Balaban J connectivity index is 1.65. The monoisotopic (exact) mass is 499 g/mol. The predicted molar refractivity (Wildman–Crippen MR) is 130 cm³/mol. The van der Waals surface area contributed by atoms with Crippen LogP contribution in [-0.2, 0) is 31.9 Å². The first-order chi connectivity index (χ1) is 17.0. The van der Waals surface area contributed by atoms with Gasteiger partial charge in [0.25, 0.3) is 0 Å². The standard InChI is InChI=1S/C25H30BNO9/c1-25(2,3)24(30)35-14-34-23(29)18-8-6-7-15-12-20(26(31)36-22(15)18)27-21(28)13-16-11-17(32-4)9-10-19(16)33-5/h6-11,20,31H,12-14H2,1-5H3,(H,27,28)/t20-/m0/s1. The zero-order valence-corrected chi connectivity index (χ0v) is 21.0. The average molecular weight is 499 g/mol. The van der Waals surface area contributed by atoms with Crippen LogP contribution in [0.15, 0.2) is 36.4 Å². The van der Waals surface area contributed by atoms with E-state index in [2.05, 4.69) is 5.32 Å². The molecule has 3 rings (SSSR count). The Kier molecular flexibility index (Phi) is 8.47. The summed E-state index contributed by atoms with van der Waals surface area (Å²) in [6.45, 7) is 4.50. The SMILES string of the molecule is COc1ccc(OC)c(CC(=O)N[C@H]2Cc3cccc(C(=O)OCOC(=O)C(C)(C)C)c3OB2O)c1. The van der Waals surface area contributed by atoms with Crippen molar-refractivity contribution in [2.24, 2.45) is 5.41 Å². The molecular formula is C25H30BNO9. The predicted octanol–water partition coefficient (Wildman–Crippen LogP) is 2.09. The minimum atomic E-state index is -1.40. The van der Waals surface area contributed by atoms with Gasteiger partial charge in [0, 0.05) is 5.56 Å². The fourth-order valence-corrected chi connectivity index (χ4v) is 3.59. The number of carbonyl (C=O) groups excluding carboxylic acids is 3. The van der Waals surface area contributed by atoms with Gasteiger partial charge in [-0.3, -0.25) is 9.59 Å². The molecule has 1 heterocycles. The lowest BCUT2D eigenvalue weighted by Gasteiger charge is -2.29. The first kappa shape index (κ1) is 26.9. The normalized spacial score (nSPS) is 14.7. The second-order valence-corrected chi connectivity index (χ2v) is 9.27. The van der Waals surface area contributed by atoms with E-state index in [1.807, 2.05) is 0 Å². The highest BCUT2D eigenvalue weighted by Crippen LogP contribution is 2.31. The van der Waals surface area contributed by atoms with Crippen molar-refractivity contribution in [2.75, 3.05) is 21.0 Å². The number of amides is 1. The number of para-hydroxylation sites is 1. The maximum absolute atomic E-state index is 12.7. The van der Waals surface area contributed by atoms with Crippen LogP contribution in [0.5, 0.6) is 17.2 Å².